The van der Waals surface area contributed by atoms with E-state index in [0.29, 0.717) is 13.1 Å². The molecule has 1 aromatic rings. The molecule has 2 rings (SSSR count). The van der Waals surface area contributed by atoms with Crippen LogP contribution in [0.4, 0.5) is 0 Å². The Labute approximate surface area is 130 Å². The molecule has 1 atom stereocenters. The molecular formula is C16H23N3O3. The number of hydrogen-bond acceptors (Lipinski definition) is 4. The summed E-state index contributed by atoms with van der Waals surface area (Å²) in [6.45, 7) is 4.13. The van der Waals surface area contributed by atoms with Crippen molar-refractivity contribution in [3.05, 3.63) is 29.8 Å². The number of ether oxygens (including phenoxy) is 1. The number of nitrogens with two attached hydrogens (primary N) is 1. The second-order valence-corrected chi connectivity index (χ2v) is 5.53. The van der Waals surface area contributed by atoms with Gasteiger partial charge < -0.3 is 15.4 Å². The SMILES string of the molecule is COc1ccc(CCN2CCN(C(C)=O)C(C(N)=O)C2)cc1. The molecule has 2 N–H and O–H groups in total. The van der Waals surface area contributed by atoms with Crippen molar-refractivity contribution in [3.8, 4) is 5.75 Å². The largest absolute Gasteiger partial charge is 0.497 e. The first-order valence-corrected chi connectivity index (χ1v) is 7.43. The number of hydrogen-bond donors (Lipinski definition) is 1. The van der Waals surface area contributed by atoms with Crippen LogP contribution in [0, 0.1) is 0 Å². The van der Waals surface area contributed by atoms with Gasteiger partial charge in [0.2, 0.25) is 11.8 Å². The molecule has 2 amide bonds. The van der Waals surface area contributed by atoms with Crippen molar-refractivity contribution < 1.29 is 14.3 Å². The highest BCUT2D eigenvalue weighted by Crippen LogP contribution is 2.14. The summed E-state index contributed by atoms with van der Waals surface area (Å²) in [6, 6.07) is 7.43. The molecule has 1 saturated heterocycles. The first-order chi connectivity index (χ1) is 10.5. The zero-order chi connectivity index (χ0) is 16.1. The lowest BCUT2D eigenvalue weighted by Gasteiger charge is -2.39. The van der Waals surface area contributed by atoms with E-state index in [1.54, 1.807) is 12.0 Å². The first-order valence-electron chi connectivity index (χ1n) is 7.43. The topological polar surface area (TPSA) is 75.9 Å². The molecule has 0 bridgehead atoms. The monoisotopic (exact) mass is 305 g/mol. The summed E-state index contributed by atoms with van der Waals surface area (Å²) in [6.07, 6.45) is 0.884. The first kappa shape index (κ1) is 16.3. The molecule has 0 spiro atoms. The minimum absolute atomic E-state index is 0.0985. The Hall–Kier alpha value is -2.08. The van der Waals surface area contributed by atoms with Crippen LogP contribution in [0.25, 0.3) is 0 Å². The second kappa shape index (κ2) is 7.26. The number of piperazine rings is 1. The summed E-state index contributed by atoms with van der Waals surface area (Å²) in [7, 11) is 1.65. The fourth-order valence-corrected chi connectivity index (χ4v) is 2.74. The maximum absolute atomic E-state index is 11.5. The van der Waals surface area contributed by atoms with Gasteiger partial charge in [0.05, 0.1) is 7.11 Å². The van der Waals surface area contributed by atoms with Gasteiger partial charge >= 0.3 is 0 Å². The highest BCUT2D eigenvalue weighted by Gasteiger charge is 2.32. The zero-order valence-corrected chi connectivity index (χ0v) is 13.1. The molecule has 1 fully saturated rings. The van der Waals surface area contributed by atoms with Crippen LogP contribution in [0.1, 0.15) is 12.5 Å². The van der Waals surface area contributed by atoms with Crippen LogP contribution in [0.3, 0.4) is 0 Å². The molecule has 120 valence electrons. The van der Waals surface area contributed by atoms with E-state index >= 15 is 0 Å². The molecule has 0 aliphatic carbocycles. The van der Waals surface area contributed by atoms with Crippen LogP contribution in [0.2, 0.25) is 0 Å². The number of carbonyl (C=O) groups is 2. The van der Waals surface area contributed by atoms with E-state index in [9.17, 15) is 9.59 Å². The van der Waals surface area contributed by atoms with Gasteiger partial charge in [0.15, 0.2) is 0 Å². The third kappa shape index (κ3) is 3.98. The Morgan fingerprint density at radius 3 is 2.50 bits per heavy atom. The average molecular weight is 305 g/mol. The van der Waals surface area contributed by atoms with Gasteiger partial charge in [-0.1, -0.05) is 12.1 Å². The van der Waals surface area contributed by atoms with Crippen molar-refractivity contribution >= 4 is 11.8 Å². The van der Waals surface area contributed by atoms with E-state index in [2.05, 4.69) is 4.90 Å². The highest BCUT2D eigenvalue weighted by molar-refractivity contribution is 5.86. The van der Waals surface area contributed by atoms with Crippen molar-refractivity contribution in [2.24, 2.45) is 5.73 Å². The van der Waals surface area contributed by atoms with Gasteiger partial charge in [-0.15, -0.1) is 0 Å². The summed E-state index contributed by atoms with van der Waals surface area (Å²) in [5.41, 5.74) is 6.64. The van der Waals surface area contributed by atoms with E-state index in [1.165, 1.54) is 12.5 Å². The lowest BCUT2D eigenvalue weighted by Crippen LogP contribution is -2.59. The molecule has 22 heavy (non-hydrogen) atoms. The molecule has 1 heterocycles. The van der Waals surface area contributed by atoms with Crippen LogP contribution in [0.5, 0.6) is 5.75 Å². The molecule has 1 unspecified atom stereocenters. The van der Waals surface area contributed by atoms with Crippen molar-refractivity contribution in [1.29, 1.82) is 0 Å². The Kier molecular flexibility index (Phi) is 5.38. The molecule has 1 aliphatic rings. The smallest absolute Gasteiger partial charge is 0.241 e. The van der Waals surface area contributed by atoms with Gasteiger partial charge in [-0.2, -0.15) is 0 Å². The maximum atomic E-state index is 11.5. The fourth-order valence-electron chi connectivity index (χ4n) is 2.74. The summed E-state index contributed by atoms with van der Waals surface area (Å²) < 4.78 is 5.14. The van der Waals surface area contributed by atoms with Crippen LogP contribution in [-0.4, -0.2) is 60.9 Å². The Bertz CT molecular complexity index is 530. The highest BCUT2D eigenvalue weighted by atomic mass is 16.5. The predicted molar refractivity (Wildman–Crippen MR) is 83.5 cm³/mol. The quantitative estimate of drug-likeness (QED) is 0.846. The lowest BCUT2D eigenvalue weighted by molar-refractivity contribution is -0.141. The number of benzene rings is 1. The standard InChI is InChI=1S/C16H23N3O3/c1-12(20)19-10-9-18(11-15(19)16(17)21)8-7-13-3-5-14(22-2)6-4-13/h3-6,15H,7-11H2,1-2H3,(H2,17,21). The Morgan fingerprint density at radius 2 is 1.95 bits per heavy atom. The van der Waals surface area contributed by atoms with E-state index in [4.69, 9.17) is 10.5 Å². The summed E-state index contributed by atoms with van der Waals surface area (Å²) in [5, 5.41) is 0. The zero-order valence-electron chi connectivity index (χ0n) is 13.1. The van der Waals surface area contributed by atoms with Crippen LogP contribution >= 0.6 is 0 Å². The minimum Gasteiger partial charge on any atom is -0.497 e. The number of nitrogens with zero attached hydrogens (tertiary/aromatic N) is 2. The molecule has 0 saturated carbocycles. The van der Waals surface area contributed by atoms with Gasteiger partial charge in [-0.25, -0.2) is 0 Å². The number of amides is 2. The molecule has 0 radical (unpaired) electrons. The Morgan fingerprint density at radius 1 is 1.27 bits per heavy atom. The van der Waals surface area contributed by atoms with Gasteiger partial charge in [-0.05, 0) is 24.1 Å². The number of primary amides is 1. The second-order valence-electron chi connectivity index (χ2n) is 5.53. The molecule has 6 heteroatoms. The van der Waals surface area contributed by atoms with Gasteiger partial charge in [0.25, 0.3) is 0 Å². The number of rotatable bonds is 5. The third-order valence-electron chi connectivity index (χ3n) is 4.07. The van der Waals surface area contributed by atoms with E-state index < -0.39 is 11.9 Å². The molecule has 1 aromatic carbocycles. The minimum atomic E-state index is -0.526. The van der Waals surface area contributed by atoms with Gasteiger partial charge in [0.1, 0.15) is 11.8 Å². The van der Waals surface area contributed by atoms with Crippen molar-refractivity contribution in [2.45, 2.75) is 19.4 Å². The summed E-state index contributed by atoms with van der Waals surface area (Å²) >= 11 is 0. The number of methoxy groups -OCH3 is 1. The summed E-state index contributed by atoms with van der Waals surface area (Å²) in [4.78, 5) is 26.8. The van der Waals surface area contributed by atoms with E-state index in [1.807, 2.05) is 24.3 Å². The lowest BCUT2D eigenvalue weighted by atomic mass is 10.1. The molecule has 6 nitrogen and oxygen atoms in total. The van der Waals surface area contributed by atoms with E-state index in [-0.39, 0.29) is 5.91 Å². The normalized spacial score (nSPS) is 19.0. The average Bonchev–Trinajstić information content (AvgIpc) is 2.53. The van der Waals surface area contributed by atoms with Crippen molar-refractivity contribution in [1.82, 2.24) is 9.80 Å². The molecule has 1 aliphatic heterocycles. The predicted octanol–water partition coefficient (Wildman–Crippen LogP) is 0.256. The van der Waals surface area contributed by atoms with Crippen molar-refractivity contribution in [2.75, 3.05) is 33.3 Å². The molecular weight excluding hydrogens is 282 g/mol. The van der Waals surface area contributed by atoms with Crippen LogP contribution < -0.4 is 10.5 Å². The Balaban J connectivity index is 1.90. The number of carbonyl (C=O) groups excluding carboxylic acids is 2. The summed E-state index contributed by atoms with van der Waals surface area (Å²) in [5.74, 6) is 0.301. The van der Waals surface area contributed by atoms with Crippen molar-refractivity contribution in [3.63, 3.8) is 0 Å². The third-order valence-corrected chi connectivity index (χ3v) is 4.07. The van der Waals surface area contributed by atoms with Crippen LogP contribution in [0.15, 0.2) is 24.3 Å². The fraction of sp³-hybridized carbons (Fsp3) is 0.500. The maximum Gasteiger partial charge on any atom is 0.241 e. The van der Waals surface area contributed by atoms with E-state index in [0.717, 1.165) is 25.3 Å². The molecule has 0 aromatic heterocycles. The van der Waals surface area contributed by atoms with Crippen LogP contribution in [-0.2, 0) is 16.0 Å². The van der Waals surface area contributed by atoms with Gasteiger partial charge in [-0.3, -0.25) is 14.5 Å². The van der Waals surface area contributed by atoms with Gasteiger partial charge in [0, 0.05) is 33.1 Å².